The molecule has 0 aliphatic carbocycles. The number of ether oxygens (including phenoxy) is 2. The second kappa shape index (κ2) is 9.90. The number of amides is 1. The van der Waals surface area contributed by atoms with Gasteiger partial charge in [-0.15, -0.1) is 0 Å². The zero-order valence-electron chi connectivity index (χ0n) is 15.8. The van der Waals surface area contributed by atoms with Crippen LogP contribution in [0.3, 0.4) is 0 Å². The van der Waals surface area contributed by atoms with E-state index in [1.54, 1.807) is 6.92 Å². The minimum atomic E-state index is 0.0625. The first-order chi connectivity index (χ1) is 12.7. The van der Waals surface area contributed by atoms with Gasteiger partial charge in [-0.2, -0.15) is 0 Å². The Morgan fingerprint density at radius 2 is 2.12 bits per heavy atom. The Morgan fingerprint density at radius 3 is 2.92 bits per heavy atom. The second-order valence-corrected chi connectivity index (χ2v) is 7.22. The third-order valence-electron chi connectivity index (χ3n) is 5.00. The van der Waals surface area contributed by atoms with Gasteiger partial charge < -0.3 is 14.8 Å². The third-order valence-corrected chi connectivity index (χ3v) is 5.00. The molecule has 0 unspecified atom stereocenters. The van der Waals surface area contributed by atoms with Crippen LogP contribution < -0.4 is 10.1 Å². The summed E-state index contributed by atoms with van der Waals surface area (Å²) >= 11 is 0. The average molecular weight is 361 g/mol. The van der Waals surface area contributed by atoms with Gasteiger partial charge in [0, 0.05) is 45.7 Å². The Labute approximate surface area is 156 Å². The van der Waals surface area contributed by atoms with E-state index in [0.29, 0.717) is 6.61 Å². The summed E-state index contributed by atoms with van der Waals surface area (Å²) in [6.45, 7) is 9.78. The summed E-state index contributed by atoms with van der Waals surface area (Å²) in [6, 6.07) is 8.65. The number of nitrogens with one attached hydrogen (secondary N) is 1. The number of carbonyl (C=O) groups is 1. The van der Waals surface area contributed by atoms with Crippen LogP contribution in [-0.4, -0.2) is 74.3 Å². The van der Waals surface area contributed by atoms with E-state index in [2.05, 4.69) is 33.3 Å². The molecule has 1 aromatic rings. The lowest BCUT2D eigenvalue weighted by atomic mass is 10.0. The minimum Gasteiger partial charge on any atom is -0.492 e. The van der Waals surface area contributed by atoms with Gasteiger partial charge in [0.05, 0.1) is 13.2 Å². The first-order valence-corrected chi connectivity index (χ1v) is 9.70. The highest BCUT2D eigenvalue weighted by atomic mass is 16.5. The van der Waals surface area contributed by atoms with Crippen molar-refractivity contribution in [2.45, 2.75) is 32.4 Å². The number of likely N-dealkylation sites (tertiary alicyclic amines) is 1. The maximum Gasteiger partial charge on any atom is 0.217 e. The molecule has 2 heterocycles. The van der Waals surface area contributed by atoms with Crippen LogP contribution in [0.15, 0.2) is 24.3 Å². The summed E-state index contributed by atoms with van der Waals surface area (Å²) in [5, 5.41) is 3.05. The van der Waals surface area contributed by atoms with Gasteiger partial charge in [-0.1, -0.05) is 12.1 Å². The maximum atomic E-state index is 11.3. The lowest BCUT2D eigenvalue weighted by molar-refractivity contribution is -0.120. The number of piperidine rings is 1. The number of carbonyl (C=O) groups excluding carboxylic acids is 1. The van der Waals surface area contributed by atoms with Gasteiger partial charge in [0.15, 0.2) is 0 Å². The summed E-state index contributed by atoms with van der Waals surface area (Å²) in [5.74, 6) is 0.999. The molecular formula is C20H31N3O3. The minimum absolute atomic E-state index is 0.0625. The van der Waals surface area contributed by atoms with Crippen LogP contribution in [0.4, 0.5) is 0 Å². The standard InChI is InChI=1S/C20H31N3O3/c1-17(24)21-19-5-3-7-23(16-19)15-18-4-2-6-20(14-18)26-13-10-22-8-11-25-12-9-22/h2,4,6,14,19H,3,5,7-13,15-16H2,1H3,(H,21,24)/t19-/m0/s1. The predicted molar refractivity (Wildman–Crippen MR) is 101 cm³/mol. The van der Waals surface area contributed by atoms with E-state index in [4.69, 9.17) is 9.47 Å². The normalized spacial score (nSPS) is 22.1. The van der Waals surface area contributed by atoms with Crippen molar-refractivity contribution in [1.29, 1.82) is 0 Å². The number of benzene rings is 1. The molecule has 1 N–H and O–H groups in total. The van der Waals surface area contributed by atoms with Crippen molar-refractivity contribution in [3.05, 3.63) is 29.8 Å². The molecule has 2 aliphatic rings. The molecular weight excluding hydrogens is 330 g/mol. The fourth-order valence-electron chi connectivity index (χ4n) is 3.71. The molecule has 0 aromatic heterocycles. The molecule has 1 atom stereocenters. The van der Waals surface area contributed by atoms with E-state index in [-0.39, 0.29) is 11.9 Å². The largest absolute Gasteiger partial charge is 0.492 e. The number of hydrogen-bond acceptors (Lipinski definition) is 5. The molecule has 2 fully saturated rings. The maximum absolute atomic E-state index is 11.3. The van der Waals surface area contributed by atoms with Gasteiger partial charge in [0.2, 0.25) is 5.91 Å². The van der Waals surface area contributed by atoms with E-state index in [1.807, 2.05) is 6.07 Å². The summed E-state index contributed by atoms with van der Waals surface area (Å²) in [4.78, 5) is 16.1. The van der Waals surface area contributed by atoms with Crippen molar-refractivity contribution in [2.24, 2.45) is 0 Å². The molecule has 2 aliphatic heterocycles. The zero-order valence-corrected chi connectivity index (χ0v) is 15.8. The van der Waals surface area contributed by atoms with Crippen molar-refractivity contribution in [3.8, 4) is 5.75 Å². The third kappa shape index (κ3) is 6.27. The molecule has 2 saturated heterocycles. The molecule has 3 rings (SSSR count). The molecule has 6 nitrogen and oxygen atoms in total. The van der Waals surface area contributed by atoms with E-state index in [9.17, 15) is 4.79 Å². The van der Waals surface area contributed by atoms with Gasteiger partial charge in [0.1, 0.15) is 12.4 Å². The quantitative estimate of drug-likeness (QED) is 0.798. The molecule has 0 bridgehead atoms. The lowest BCUT2D eigenvalue weighted by Gasteiger charge is -2.33. The molecule has 0 spiro atoms. The molecule has 6 heteroatoms. The van der Waals surface area contributed by atoms with Crippen LogP contribution >= 0.6 is 0 Å². The van der Waals surface area contributed by atoms with Crippen LogP contribution in [0.2, 0.25) is 0 Å². The first-order valence-electron chi connectivity index (χ1n) is 9.70. The van der Waals surface area contributed by atoms with E-state index < -0.39 is 0 Å². The van der Waals surface area contributed by atoms with Crippen molar-refractivity contribution in [1.82, 2.24) is 15.1 Å². The van der Waals surface area contributed by atoms with Gasteiger partial charge in [-0.05, 0) is 37.1 Å². The molecule has 144 valence electrons. The Balaban J connectivity index is 1.45. The van der Waals surface area contributed by atoms with Crippen LogP contribution in [0.5, 0.6) is 5.75 Å². The smallest absolute Gasteiger partial charge is 0.217 e. The summed E-state index contributed by atoms with van der Waals surface area (Å²) < 4.78 is 11.3. The Kier molecular flexibility index (Phi) is 7.29. The molecule has 0 saturated carbocycles. The number of morpholine rings is 1. The SMILES string of the molecule is CC(=O)N[C@H]1CCCN(Cc2cccc(OCCN3CCOCC3)c2)C1. The second-order valence-electron chi connectivity index (χ2n) is 7.22. The van der Waals surface area contributed by atoms with Crippen LogP contribution in [0, 0.1) is 0 Å². The molecule has 26 heavy (non-hydrogen) atoms. The van der Waals surface area contributed by atoms with Crippen molar-refractivity contribution in [2.75, 3.05) is 52.5 Å². The van der Waals surface area contributed by atoms with Gasteiger partial charge in [-0.3, -0.25) is 14.6 Å². The molecule has 0 radical (unpaired) electrons. The fourth-order valence-corrected chi connectivity index (χ4v) is 3.71. The number of nitrogens with zero attached hydrogens (tertiary/aromatic N) is 2. The Morgan fingerprint density at radius 1 is 1.27 bits per heavy atom. The summed E-state index contributed by atoms with van der Waals surface area (Å²) in [6.07, 6.45) is 2.20. The molecule has 1 amide bonds. The highest BCUT2D eigenvalue weighted by Gasteiger charge is 2.20. The predicted octanol–water partition coefficient (Wildman–Crippen LogP) is 1.50. The fraction of sp³-hybridized carbons (Fsp3) is 0.650. The van der Waals surface area contributed by atoms with Gasteiger partial charge in [-0.25, -0.2) is 0 Å². The number of hydrogen-bond donors (Lipinski definition) is 1. The lowest BCUT2D eigenvalue weighted by Crippen LogP contribution is -2.46. The van der Waals surface area contributed by atoms with Gasteiger partial charge >= 0.3 is 0 Å². The van der Waals surface area contributed by atoms with E-state index >= 15 is 0 Å². The highest BCUT2D eigenvalue weighted by molar-refractivity contribution is 5.73. The summed E-state index contributed by atoms with van der Waals surface area (Å²) in [5.41, 5.74) is 1.26. The first kappa shape index (κ1) is 19.1. The topological polar surface area (TPSA) is 54.0 Å². The van der Waals surface area contributed by atoms with E-state index in [1.165, 1.54) is 5.56 Å². The number of rotatable bonds is 7. The Bertz CT molecular complexity index is 575. The van der Waals surface area contributed by atoms with Crippen molar-refractivity contribution >= 4 is 5.91 Å². The van der Waals surface area contributed by atoms with Crippen molar-refractivity contribution in [3.63, 3.8) is 0 Å². The van der Waals surface area contributed by atoms with Crippen molar-refractivity contribution < 1.29 is 14.3 Å². The van der Waals surface area contributed by atoms with Gasteiger partial charge in [0.25, 0.3) is 0 Å². The summed E-state index contributed by atoms with van der Waals surface area (Å²) in [7, 11) is 0. The molecule has 1 aromatic carbocycles. The van der Waals surface area contributed by atoms with E-state index in [0.717, 1.165) is 71.1 Å². The van der Waals surface area contributed by atoms with Crippen LogP contribution in [0.25, 0.3) is 0 Å². The van der Waals surface area contributed by atoms with Crippen LogP contribution in [0.1, 0.15) is 25.3 Å². The highest BCUT2D eigenvalue weighted by Crippen LogP contribution is 2.18. The zero-order chi connectivity index (χ0) is 18.2. The monoisotopic (exact) mass is 361 g/mol. The van der Waals surface area contributed by atoms with Crippen LogP contribution in [-0.2, 0) is 16.1 Å². The average Bonchev–Trinajstić information content (AvgIpc) is 2.63. The Hall–Kier alpha value is -1.63.